The molecule has 1 unspecified atom stereocenters. The third kappa shape index (κ3) is 3.10. The molecule has 0 fully saturated rings. The Morgan fingerprint density at radius 3 is 2.67 bits per heavy atom. The van der Waals surface area contributed by atoms with Crippen LogP contribution in [0.4, 0.5) is 0 Å². The fourth-order valence-electron chi connectivity index (χ4n) is 1.94. The minimum absolute atomic E-state index is 0.0866. The lowest BCUT2D eigenvalue weighted by Crippen LogP contribution is -2.30. The van der Waals surface area contributed by atoms with E-state index in [2.05, 4.69) is 28.8 Å². The average molecular weight is 259 g/mol. The van der Waals surface area contributed by atoms with Crippen LogP contribution in [-0.4, -0.2) is 11.2 Å². The Bertz CT molecular complexity index is 487. The second-order valence-electron chi connectivity index (χ2n) is 3.99. The summed E-state index contributed by atoms with van der Waals surface area (Å²) in [5, 5.41) is 0. The lowest BCUT2D eigenvalue weighted by molar-refractivity contribution is 0.538. The second-order valence-corrected chi connectivity index (χ2v) is 4.83. The summed E-state index contributed by atoms with van der Waals surface area (Å²) in [7, 11) is 0. The predicted octanol–water partition coefficient (Wildman–Crippen LogP) is 2.55. The van der Waals surface area contributed by atoms with Gasteiger partial charge >= 0.3 is 0 Å². The molecule has 18 heavy (non-hydrogen) atoms. The fourth-order valence-corrected chi connectivity index (χ4v) is 2.60. The highest BCUT2D eigenvalue weighted by Gasteiger charge is 2.14. The molecular weight excluding hydrogens is 242 g/mol. The Labute approximate surface area is 112 Å². The van der Waals surface area contributed by atoms with Gasteiger partial charge in [-0.05, 0) is 30.0 Å². The molecule has 1 aromatic carbocycles. The van der Waals surface area contributed by atoms with E-state index in [4.69, 9.17) is 5.84 Å². The van der Waals surface area contributed by atoms with Crippen LogP contribution in [0.2, 0.25) is 0 Å². The van der Waals surface area contributed by atoms with Gasteiger partial charge in [0, 0.05) is 23.2 Å². The van der Waals surface area contributed by atoms with E-state index in [1.165, 1.54) is 10.5 Å². The van der Waals surface area contributed by atoms with Gasteiger partial charge in [0.2, 0.25) is 0 Å². The molecule has 0 aliphatic carbocycles. The summed E-state index contributed by atoms with van der Waals surface area (Å²) in [5.74, 6) is 5.69. The summed E-state index contributed by atoms with van der Waals surface area (Å²) in [6.07, 6.45) is 4.67. The highest BCUT2D eigenvalue weighted by atomic mass is 32.2. The Morgan fingerprint density at radius 2 is 2.00 bits per heavy atom. The number of thioether (sulfide) groups is 1. The van der Waals surface area contributed by atoms with Crippen molar-refractivity contribution in [2.45, 2.75) is 17.4 Å². The molecule has 0 aliphatic heterocycles. The molecule has 1 atom stereocenters. The third-order valence-corrected chi connectivity index (χ3v) is 3.67. The van der Waals surface area contributed by atoms with Crippen LogP contribution in [0.15, 0.2) is 53.6 Å². The van der Waals surface area contributed by atoms with E-state index in [1.54, 1.807) is 11.8 Å². The van der Waals surface area contributed by atoms with Gasteiger partial charge in [-0.15, -0.1) is 11.8 Å². The molecule has 3 N–H and O–H groups in total. The molecule has 0 aliphatic rings. The Kier molecular flexibility index (Phi) is 4.75. The van der Waals surface area contributed by atoms with Crippen LogP contribution in [0, 0.1) is 0 Å². The molecule has 0 spiro atoms. The molecule has 0 saturated carbocycles. The Hall–Kier alpha value is -1.36. The number of pyridine rings is 1. The molecule has 0 radical (unpaired) electrons. The van der Waals surface area contributed by atoms with Crippen molar-refractivity contribution >= 4 is 11.8 Å². The first-order valence-corrected chi connectivity index (χ1v) is 7.06. The summed E-state index contributed by atoms with van der Waals surface area (Å²) >= 11 is 1.73. The molecule has 4 heteroatoms. The van der Waals surface area contributed by atoms with Crippen LogP contribution in [0.1, 0.15) is 17.3 Å². The number of nitrogens with one attached hydrogen (secondary N) is 1. The van der Waals surface area contributed by atoms with Crippen molar-refractivity contribution in [1.82, 2.24) is 10.4 Å². The first-order chi connectivity index (χ1) is 8.85. The van der Waals surface area contributed by atoms with Crippen LogP contribution in [0.3, 0.4) is 0 Å². The van der Waals surface area contributed by atoms with E-state index >= 15 is 0 Å². The maximum absolute atomic E-state index is 5.69. The van der Waals surface area contributed by atoms with Gasteiger partial charge in [0.15, 0.2) is 0 Å². The number of nitrogens with two attached hydrogens (primary N) is 1. The number of benzene rings is 1. The first kappa shape index (κ1) is 13.1. The van der Waals surface area contributed by atoms with Crippen molar-refractivity contribution in [2.24, 2.45) is 5.84 Å². The summed E-state index contributed by atoms with van der Waals surface area (Å²) in [5.41, 5.74) is 5.15. The van der Waals surface area contributed by atoms with Gasteiger partial charge in [-0.3, -0.25) is 16.3 Å². The van der Waals surface area contributed by atoms with E-state index in [-0.39, 0.29) is 6.04 Å². The van der Waals surface area contributed by atoms with E-state index in [0.717, 1.165) is 12.1 Å². The maximum Gasteiger partial charge on any atom is 0.0526 e. The minimum atomic E-state index is 0.0866. The molecule has 0 saturated heterocycles. The van der Waals surface area contributed by atoms with Gasteiger partial charge < -0.3 is 0 Å². The lowest BCUT2D eigenvalue weighted by atomic mass is 10.0. The average Bonchev–Trinajstić information content (AvgIpc) is 2.46. The van der Waals surface area contributed by atoms with Gasteiger partial charge in [0.25, 0.3) is 0 Å². The van der Waals surface area contributed by atoms with Crippen LogP contribution in [-0.2, 0) is 6.42 Å². The molecule has 1 heterocycles. The predicted molar refractivity (Wildman–Crippen MR) is 76.2 cm³/mol. The van der Waals surface area contributed by atoms with E-state index in [9.17, 15) is 0 Å². The summed E-state index contributed by atoms with van der Waals surface area (Å²) in [4.78, 5) is 5.59. The Morgan fingerprint density at radius 1 is 1.22 bits per heavy atom. The molecule has 94 valence electrons. The number of rotatable bonds is 5. The summed E-state index contributed by atoms with van der Waals surface area (Å²) in [6, 6.07) is 14.3. The molecule has 0 bridgehead atoms. The zero-order valence-corrected chi connectivity index (χ0v) is 11.2. The van der Waals surface area contributed by atoms with Crippen molar-refractivity contribution in [3.8, 4) is 0 Å². The van der Waals surface area contributed by atoms with E-state index in [0.29, 0.717) is 0 Å². The quantitative estimate of drug-likeness (QED) is 0.492. The van der Waals surface area contributed by atoms with Crippen molar-refractivity contribution in [3.05, 3.63) is 59.9 Å². The van der Waals surface area contributed by atoms with Crippen molar-refractivity contribution in [2.75, 3.05) is 6.26 Å². The van der Waals surface area contributed by atoms with Crippen LogP contribution >= 0.6 is 11.8 Å². The number of hydrogen-bond donors (Lipinski definition) is 2. The fraction of sp³-hybridized carbons (Fsp3) is 0.214. The number of nitrogens with zero attached hydrogens (tertiary/aromatic N) is 1. The largest absolute Gasteiger partial charge is 0.271 e. The monoisotopic (exact) mass is 259 g/mol. The molecule has 0 amide bonds. The minimum Gasteiger partial charge on any atom is -0.271 e. The van der Waals surface area contributed by atoms with E-state index in [1.807, 2.05) is 36.5 Å². The molecule has 2 rings (SSSR count). The molecule has 2 aromatic rings. The van der Waals surface area contributed by atoms with E-state index < -0.39 is 0 Å². The smallest absolute Gasteiger partial charge is 0.0526 e. The SMILES string of the molecule is CSc1ccccc1C(Cc1ccccn1)NN. The highest BCUT2D eigenvalue weighted by Crippen LogP contribution is 2.27. The summed E-state index contributed by atoms with van der Waals surface area (Å²) < 4.78 is 0. The molecule has 3 nitrogen and oxygen atoms in total. The molecular formula is C14H17N3S. The summed E-state index contributed by atoms with van der Waals surface area (Å²) in [6.45, 7) is 0. The zero-order valence-electron chi connectivity index (χ0n) is 10.3. The topological polar surface area (TPSA) is 50.9 Å². The van der Waals surface area contributed by atoms with Crippen molar-refractivity contribution < 1.29 is 0 Å². The molecule has 1 aromatic heterocycles. The second kappa shape index (κ2) is 6.54. The lowest BCUT2D eigenvalue weighted by Gasteiger charge is -2.18. The van der Waals surface area contributed by atoms with Gasteiger partial charge in [0.05, 0.1) is 6.04 Å². The van der Waals surface area contributed by atoms with Crippen molar-refractivity contribution in [3.63, 3.8) is 0 Å². The normalized spacial score (nSPS) is 12.3. The zero-order chi connectivity index (χ0) is 12.8. The van der Waals surface area contributed by atoms with Crippen LogP contribution in [0.25, 0.3) is 0 Å². The Balaban J connectivity index is 2.23. The van der Waals surface area contributed by atoms with Crippen LogP contribution < -0.4 is 11.3 Å². The van der Waals surface area contributed by atoms with Crippen molar-refractivity contribution in [1.29, 1.82) is 0 Å². The highest BCUT2D eigenvalue weighted by molar-refractivity contribution is 7.98. The number of aromatic nitrogens is 1. The number of hydrogen-bond acceptors (Lipinski definition) is 4. The van der Waals surface area contributed by atoms with Gasteiger partial charge in [-0.25, -0.2) is 0 Å². The third-order valence-electron chi connectivity index (χ3n) is 2.85. The van der Waals surface area contributed by atoms with Gasteiger partial charge in [0.1, 0.15) is 0 Å². The number of hydrazine groups is 1. The maximum atomic E-state index is 5.69. The van der Waals surface area contributed by atoms with Crippen LogP contribution in [0.5, 0.6) is 0 Å². The van der Waals surface area contributed by atoms with Gasteiger partial charge in [-0.1, -0.05) is 24.3 Å². The van der Waals surface area contributed by atoms with Gasteiger partial charge in [-0.2, -0.15) is 0 Å². The standard InChI is InChI=1S/C14H17N3S/c1-18-14-8-3-2-7-12(14)13(17-15)10-11-6-4-5-9-16-11/h2-9,13,17H,10,15H2,1H3. The first-order valence-electron chi connectivity index (χ1n) is 5.84.